The molecule has 124 valence electrons. The molecule has 1 N–H and O–H groups in total. The second-order valence-corrected chi connectivity index (χ2v) is 7.52. The third kappa shape index (κ3) is 3.89. The zero-order chi connectivity index (χ0) is 17.3. The van der Waals surface area contributed by atoms with Crippen molar-refractivity contribution < 1.29 is 17.5 Å². The average Bonchev–Trinajstić information content (AvgIpc) is 2.46. The first-order valence-corrected chi connectivity index (χ1v) is 8.59. The van der Waals surface area contributed by atoms with Gasteiger partial charge in [-0.2, -0.15) is 0 Å². The number of benzene rings is 2. The van der Waals surface area contributed by atoms with E-state index in [9.17, 15) is 12.8 Å². The van der Waals surface area contributed by atoms with Crippen molar-refractivity contribution in [2.45, 2.75) is 31.2 Å². The van der Waals surface area contributed by atoms with Crippen LogP contribution in [0.4, 0.5) is 4.39 Å². The van der Waals surface area contributed by atoms with Crippen LogP contribution in [0.25, 0.3) is 0 Å². The van der Waals surface area contributed by atoms with Crippen LogP contribution in [0.1, 0.15) is 25.0 Å². The number of methoxy groups -OCH3 is 1. The molecule has 0 saturated heterocycles. The predicted octanol–water partition coefficient (Wildman–Crippen LogP) is 3.36. The molecule has 0 radical (unpaired) electrons. The molecule has 0 aromatic heterocycles. The number of aryl methyl sites for hydroxylation is 1. The summed E-state index contributed by atoms with van der Waals surface area (Å²) < 4.78 is 46.2. The van der Waals surface area contributed by atoms with E-state index in [0.29, 0.717) is 16.9 Å². The Kier molecular flexibility index (Phi) is 4.77. The molecule has 0 unspecified atom stereocenters. The smallest absolute Gasteiger partial charge is 0.241 e. The third-order valence-electron chi connectivity index (χ3n) is 3.63. The quantitative estimate of drug-likeness (QED) is 0.910. The molecule has 0 fully saturated rings. The van der Waals surface area contributed by atoms with Crippen LogP contribution in [0.5, 0.6) is 5.75 Å². The third-order valence-corrected chi connectivity index (χ3v) is 5.44. The van der Waals surface area contributed by atoms with Crippen LogP contribution in [0, 0.1) is 12.7 Å². The summed E-state index contributed by atoms with van der Waals surface area (Å²) in [5, 5.41) is 0. The molecule has 0 heterocycles. The van der Waals surface area contributed by atoms with Crippen LogP contribution < -0.4 is 9.46 Å². The number of hydrogen-bond donors (Lipinski definition) is 1. The van der Waals surface area contributed by atoms with Gasteiger partial charge >= 0.3 is 0 Å². The molecule has 6 heteroatoms. The van der Waals surface area contributed by atoms with Crippen LogP contribution in [0.3, 0.4) is 0 Å². The maximum atomic E-state index is 13.1. The lowest BCUT2D eigenvalue weighted by molar-refractivity contribution is 0.414. The summed E-state index contributed by atoms with van der Waals surface area (Å²) in [4.78, 5) is 0.188. The summed E-state index contributed by atoms with van der Waals surface area (Å²) >= 11 is 0. The molecule has 0 spiro atoms. The number of sulfonamides is 1. The summed E-state index contributed by atoms with van der Waals surface area (Å²) in [5.41, 5.74) is 0.388. The van der Waals surface area contributed by atoms with E-state index < -0.39 is 15.6 Å². The maximum Gasteiger partial charge on any atom is 0.241 e. The molecule has 4 nitrogen and oxygen atoms in total. The van der Waals surface area contributed by atoms with Gasteiger partial charge in [0.05, 0.1) is 17.5 Å². The van der Waals surface area contributed by atoms with Crippen molar-refractivity contribution in [2.75, 3.05) is 7.11 Å². The Balaban J connectivity index is 2.35. The fraction of sp³-hybridized carbons (Fsp3) is 0.294. The van der Waals surface area contributed by atoms with Crippen LogP contribution in [-0.4, -0.2) is 15.5 Å². The Morgan fingerprint density at radius 1 is 1.09 bits per heavy atom. The van der Waals surface area contributed by atoms with Gasteiger partial charge in [-0.25, -0.2) is 17.5 Å². The van der Waals surface area contributed by atoms with Crippen LogP contribution in [0.2, 0.25) is 0 Å². The number of nitrogens with one attached hydrogen (secondary N) is 1. The summed E-state index contributed by atoms with van der Waals surface area (Å²) in [7, 11) is -2.20. The van der Waals surface area contributed by atoms with E-state index in [4.69, 9.17) is 4.74 Å². The van der Waals surface area contributed by atoms with Crippen molar-refractivity contribution in [1.29, 1.82) is 0 Å². The molecule has 2 aromatic rings. The van der Waals surface area contributed by atoms with Crippen molar-refractivity contribution in [1.82, 2.24) is 4.72 Å². The predicted molar refractivity (Wildman–Crippen MR) is 87.5 cm³/mol. The van der Waals surface area contributed by atoms with Crippen molar-refractivity contribution in [3.8, 4) is 5.75 Å². The van der Waals surface area contributed by atoms with Gasteiger partial charge in [0, 0.05) is 0 Å². The first-order valence-electron chi connectivity index (χ1n) is 7.10. The molecule has 0 bridgehead atoms. The Morgan fingerprint density at radius 3 is 2.22 bits per heavy atom. The Labute approximate surface area is 136 Å². The molecule has 23 heavy (non-hydrogen) atoms. The van der Waals surface area contributed by atoms with Crippen molar-refractivity contribution in [3.63, 3.8) is 0 Å². The number of hydrogen-bond acceptors (Lipinski definition) is 3. The van der Waals surface area contributed by atoms with E-state index in [0.717, 1.165) is 0 Å². The van der Waals surface area contributed by atoms with Gasteiger partial charge in [-0.15, -0.1) is 0 Å². The van der Waals surface area contributed by atoms with Gasteiger partial charge < -0.3 is 4.74 Å². The first-order chi connectivity index (χ1) is 10.7. The van der Waals surface area contributed by atoms with Gasteiger partial charge in [0.2, 0.25) is 10.0 Å². The van der Waals surface area contributed by atoms with Crippen LogP contribution in [-0.2, 0) is 15.6 Å². The lowest BCUT2D eigenvalue weighted by Gasteiger charge is -2.27. The first kappa shape index (κ1) is 17.4. The minimum absolute atomic E-state index is 0.188. The van der Waals surface area contributed by atoms with Gasteiger partial charge in [-0.1, -0.05) is 12.1 Å². The fourth-order valence-electron chi connectivity index (χ4n) is 2.37. The largest absolute Gasteiger partial charge is 0.497 e. The molecule has 0 aliphatic carbocycles. The lowest BCUT2D eigenvalue weighted by Crippen LogP contribution is -2.41. The van der Waals surface area contributed by atoms with Crippen molar-refractivity contribution in [2.24, 2.45) is 0 Å². The second-order valence-electron chi connectivity index (χ2n) is 5.87. The standard InChI is InChI=1S/C17H20FNO3S/c1-12-11-15(22-4)9-10-16(12)23(20,21)19-17(2,3)13-5-7-14(18)8-6-13/h5-11,19H,1-4H3. The monoisotopic (exact) mass is 337 g/mol. The van der Waals surface area contributed by atoms with E-state index in [2.05, 4.69) is 4.72 Å². The highest BCUT2D eigenvalue weighted by Crippen LogP contribution is 2.26. The summed E-state index contributed by atoms with van der Waals surface area (Å²) in [6.07, 6.45) is 0. The van der Waals surface area contributed by atoms with Gasteiger partial charge in [0.1, 0.15) is 11.6 Å². The average molecular weight is 337 g/mol. The SMILES string of the molecule is COc1ccc(S(=O)(=O)NC(C)(C)c2ccc(F)cc2)c(C)c1. The highest BCUT2D eigenvalue weighted by molar-refractivity contribution is 7.89. The molecule has 0 aliphatic heterocycles. The highest BCUT2D eigenvalue weighted by Gasteiger charge is 2.29. The molecule has 2 aromatic carbocycles. The second kappa shape index (κ2) is 6.29. The number of ether oxygens (including phenoxy) is 1. The van der Waals surface area contributed by atoms with E-state index in [-0.39, 0.29) is 10.7 Å². The van der Waals surface area contributed by atoms with E-state index in [1.165, 1.54) is 25.3 Å². The van der Waals surface area contributed by atoms with Crippen LogP contribution in [0.15, 0.2) is 47.4 Å². The molecule has 0 amide bonds. The molecule has 0 saturated carbocycles. The number of rotatable bonds is 5. The molecule has 0 aliphatic rings. The topological polar surface area (TPSA) is 55.4 Å². The Morgan fingerprint density at radius 2 is 1.70 bits per heavy atom. The van der Waals surface area contributed by atoms with E-state index >= 15 is 0 Å². The molecular formula is C17H20FNO3S. The molecular weight excluding hydrogens is 317 g/mol. The summed E-state index contributed by atoms with van der Waals surface area (Å²) in [6, 6.07) is 10.5. The Hall–Kier alpha value is -1.92. The summed E-state index contributed by atoms with van der Waals surface area (Å²) in [5.74, 6) is 0.234. The zero-order valence-electron chi connectivity index (χ0n) is 13.6. The van der Waals surface area contributed by atoms with Gasteiger partial charge in [-0.3, -0.25) is 0 Å². The molecule has 2 rings (SSSR count). The normalized spacial score (nSPS) is 12.2. The van der Waals surface area contributed by atoms with Gasteiger partial charge in [-0.05, 0) is 62.2 Å². The fourth-order valence-corrected chi connectivity index (χ4v) is 4.00. The van der Waals surface area contributed by atoms with E-state index in [1.807, 2.05) is 0 Å². The summed E-state index contributed by atoms with van der Waals surface area (Å²) in [6.45, 7) is 5.18. The lowest BCUT2D eigenvalue weighted by atomic mass is 9.96. The highest BCUT2D eigenvalue weighted by atomic mass is 32.2. The van der Waals surface area contributed by atoms with Crippen molar-refractivity contribution >= 4 is 10.0 Å². The van der Waals surface area contributed by atoms with Gasteiger partial charge in [0.25, 0.3) is 0 Å². The van der Waals surface area contributed by atoms with Crippen molar-refractivity contribution in [3.05, 3.63) is 59.4 Å². The number of halogens is 1. The maximum absolute atomic E-state index is 13.1. The Bertz CT molecular complexity index is 799. The van der Waals surface area contributed by atoms with Crippen LogP contribution >= 0.6 is 0 Å². The zero-order valence-corrected chi connectivity index (χ0v) is 14.4. The molecule has 0 atom stereocenters. The van der Waals surface area contributed by atoms with E-state index in [1.54, 1.807) is 45.0 Å². The minimum atomic E-state index is -3.73. The van der Waals surface area contributed by atoms with Gasteiger partial charge in [0.15, 0.2) is 0 Å². The minimum Gasteiger partial charge on any atom is -0.497 e.